The summed E-state index contributed by atoms with van der Waals surface area (Å²) in [6.45, 7) is 6.16. The molecule has 0 bridgehead atoms. The largest absolute Gasteiger partial charge is 0.394 e. The van der Waals surface area contributed by atoms with Crippen molar-refractivity contribution in [1.82, 2.24) is 19.9 Å². The minimum Gasteiger partial charge on any atom is -0.394 e. The van der Waals surface area contributed by atoms with Gasteiger partial charge in [-0.25, -0.2) is 4.68 Å². The maximum absolute atomic E-state index is 10.4. The van der Waals surface area contributed by atoms with Crippen LogP contribution in [-0.4, -0.2) is 258 Å². The molecule has 55 heavy (non-hydrogen) atoms. The number of ether oxygens (including phenoxy) is 8. The molecule has 0 aliphatic heterocycles. The Labute approximate surface area is 321 Å². The average Bonchev–Trinajstić information content (AvgIpc) is 3.60. The second kappa shape index (κ2) is 33.4. The lowest BCUT2D eigenvalue weighted by Gasteiger charge is -2.33. The lowest BCUT2D eigenvalue weighted by molar-refractivity contribution is -0.131. The first kappa shape index (κ1) is 51.4. The molecule has 0 aliphatic carbocycles. The van der Waals surface area contributed by atoms with Gasteiger partial charge in [-0.3, -0.25) is 4.90 Å². The zero-order valence-corrected chi connectivity index (χ0v) is 31.8. The number of hydrogen-bond donors (Lipinski definition) is 10. The standard InChI is InChI=1S/C33H66N4O18/c1-25-20-34-35-37(25)3-5-49-7-9-51-11-13-53-15-17-55-19-18-54-16-14-52-12-10-50-8-6-48-4-2-36(21-26(40)30(44)32(46)28(42)23-38)22-27(41)31(45)33(47)29(43)24-39/h20,26-33,38-47H,2-19,21-24H2,1H3/t26-,27-,28+,29+,30+,31+,32+,33+/m0/s1. The molecule has 0 aliphatic rings. The van der Waals surface area contributed by atoms with E-state index in [9.17, 15) is 40.9 Å². The van der Waals surface area contributed by atoms with Crippen molar-refractivity contribution in [3.63, 3.8) is 0 Å². The monoisotopic (exact) mass is 806 g/mol. The smallest absolute Gasteiger partial charge is 0.111 e. The highest BCUT2D eigenvalue weighted by Gasteiger charge is 2.34. The van der Waals surface area contributed by atoms with Crippen LogP contribution in [0.15, 0.2) is 6.20 Å². The van der Waals surface area contributed by atoms with Crippen LogP contribution >= 0.6 is 0 Å². The van der Waals surface area contributed by atoms with Gasteiger partial charge in [0.15, 0.2) is 0 Å². The molecular weight excluding hydrogens is 740 g/mol. The maximum atomic E-state index is 10.4. The van der Waals surface area contributed by atoms with E-state index < -0.39 is 62.0 Å². The number of hydrogen-bond acceptors (Lipinski definition) is 21. The number of aliphatic hydroxyl groups is 10. The van der Waals surface area contributed by atoms with Crippen molar-refractivity contribution in [2.45, 2.75) is 62.3 Å². The molecule has 0 unspecified atom stereocenters. The fourth-order valence-corrected chi connectivity index (χ4v) is 4.64. The van der Waals surface area contributed by atoms with Gasteiger partial charge in [-0.2, -0.15) is 0 Å². The van der Waals surface area contributed by atoms with Gasteiger partial charge in [0.2, 0.25) is 0 Å². The third-order valence-corrected chi connectivity index (χ3v) is 7.96. The van der Waals surface area contributed by atoms with Gasteiger partial charge in [0.25, 0.3) is 0 Å². The van der Waals surface area contributed by atoms with Gasteiger partial charge < -0.3 is 89.0 Å². The minimum absolute atomic E-state index is 0.0346. The zero-order chi connectivity index (χ0) is 40.7. The molecule has 1 heterocycles. The number of aromatic nitrogens is 3. The highest BCUT2D eigenvalue weighted by molar-refractivity contribution is 4.88. The fourth-order valence-electron chi connectivity index (χ4n) is 4.64. The number of aliphatic hydroxyl groups excluding tert-OH is 10. The molecule has 0 saturated heterocycles. The van der Waals surface area contributed by atoms with E-state index in [-0.39, 0.29) is 39.5 Å². The van der Waals surface area contributed by atoms with Crippen LogP contribution in [0.3, 0.4) is 0 Å². The lowest BCUT2D eigenvalue weighted by atomic mass is 10.0. The molecule has 0 radical (unpaired) electrons. The fraction of sp³-hybridized carbons (Fsp3) is 0.939. The summed E-state index contributed by atoms with van der Waals surface area (Å²) < 4.78 is 45.6. The minimum atomic E-state index is -1.87. The van der Waals surface area contributed by atoms with Crippen molar-refractivity contribution in [2.75, 3.05) is 139 Å². The van der Waals surface area contributed by atoms with E-state index in [0.717, 1.165) is 5.69 Å². The van der Waals surface area contributed by atoms with E-state index in [1.165, 1.54) is 4.90 Å². The molecule has 22 nitrogen and oxygen atoms in total. The first-order valence-electron chi connectivity index (χ1n) is 18.4. The second-order valence-corrected chi connectivity index (χ2v) is 12.4. The molecule has 10 N–H and O–H groups in total. The van der Waals surface area contributed by atoms with E-state index >= 15 is 0 Å². The Bertz CT molecular complexity index is 976. The Morgan fingerprint density at radius 3 is 1.11 bits per heavy atom. The Morgan fingerprint density at radius 1 is 0.491 bits per heavy atom. The van der Waals surface area contributed by atoms with Gasteiger partial charge in [-0.05, 0) is 6.92 Å². The molecule has 326 valence electrons. The molecule has 8 atom stereocenters. The maximum Gasteiger partial charge on any atom is 0.111 e. The van der Waals surface area contributed by atoms with Crippen molar-refractivity contribution in [2.24, 2.45) is 0 Å². The normalized spacial score (nSPS) is 16.6. The van der Waals surface area contributed by atoms with E-state index in [0.29, 0.717) is 92.4 Å². The summed E-state index contributed by atoms with van der Waals surface area (Å²) in [5, 5.41) is 106. The summed E-state index contributed by atoms with van der Waals surface area (Å²) in [5.41, 5.74) is 0.989. The van der Waals surface area contributed by atoms with Crippen molar-refractivity contribution in [3.05, 3.63) is 11.9 Å². The predicted molar refractivity (Wildman–Crippen MR) is 190 cm³/mol. The molecule has 1 aromatic rings. The van der Waals surface area contributed by atoms with Crippen LogP contribution in [0.25, 0.3) is 0 Å². The molecule has 0 saturated carbocycles. The van der Waals surface area contributed by atoms with Crippen LogP contribution in [0.2, 0.25) is 0 Å². The number of nitrogens with zero attached hydrogens (tertiary/aromatic N) is 4. The van der Waals surface area contributed by atoms with Gasteiger partial charge in [-0.15, -0.1) is 5.10 Å². The van der Waals surface area contributed by atoms with Gasteiger partial charge in [-0.1, -0.05) is 5.21 Å². The molecule has 0 fully saturated rings. The van der Waals surface area contributed by atoms with E-state index in [2.05, 4.69) is 10.3 Å². The van der Waals surface area contributed by atoms with E-state index in [1.807, 2.05) is 6.92 Å². The number of aryl methyl sites for hydroxylation is 1. The second-order valence-electron chi connectivity index (χ2n) is 12.4. The lowest BCUT2D eigenvalue weighted by Crippen LogP contribution is -2.53. The molecule has 0 spiro atoms. The van der Waals surface area contributed by atoms with Crippen molar-refractivity contribution in [3.8, 4) is 0 Å². The average molecular weight is 807 g/mol. The highest BCUT2D eigenvalue weighted by atomic mass is 16.6. The van der Waals surface area contributed by atoms with Crippen LogP contribution in [0.4, 0.5) is 0 Å². The SMILES string of the molecule is Cc1cnnn1CCOCCOCCOCCOCCOCCOCCOCCOCCN(C[C@H](O)[C@@H](O)[C@H](O)[C@H](O)CO)C[C@H](O)[C@@H](O)[C@H](O)[C@H](O)CO. The third-order valence-electron chi connectivity index (χ3n) is 7.96. The van der Waals surface area contributed by atoms with Crippen LogP contribution in [0.1, 0.15) is 5.69 Å². The first-order chi connectivity index (χ1) is 26.5. The topological polar surface area (TPSA) is 310 Å². The van der Waals surface area contributed by atoms with Gasteiger partial charge >= 0.3 is 0 Å². The van der Waals surface area contributed by atoms with Crippen LogP contribution in [0.5, 0.6) is 0 Å². The summed E-state index contributed by atoms with van der Waals surface area (Å²) in [7, 11) is 0. The molecule has 1 rings (SSSR count). The molecular formula is C33H66N4O18. The predicted octanol–water partition coefficient (Wildman–Crippen LogP) is -6.11. The van der Waals surface area contributed by atoms with Crippen LogP contribution < -0.4 is 0 Å². The zero-order valence-electron chi connectivity index (χ0n) is 31.8. The third kappa shape index (κ3) is 24.7. The number of rotatable bonds is 39. The summed E-state index contributed by atoms with van der Waals surface area (Å²) in [6, 6.07) is 0. The first-order valence-corrected chi connectivity index (χ1v) is 18.4. The van der Waals surface area contributed by atoms with E-state index in [1.54, 1.807) is 10.9 Å². The summed E-state index contributed by atoms with van der Waals surface area (Å²) in [6.07, 6.45) is -12.5. The highest BCUT2D eigenvalue weighted by Crippen LogP contribution is 2.11. The Kier molecular flexibility index (Phi) is 31.2. The molecule has 0 aromatic carbocycles. The Hall–Kier alpha value is -1.62. The molecule has 22 heteroatoms. The van der Waals surface area contributed by atoms with Crippen molar-refractivity contribution >= 4 is 0 Å². The Balaban J connectivity index is 2.03. The van der Waals surface area contributed by atoms with Gasteiger partial charge in [0.05, 0.1) is 150 Å². The molecule has 1 aromatic heterocycles. The van der Waals surface area contributed by atoms with Crippen molar-refractivity contribution in [1.29, 1.82) is 0 Å². The summed E-state index contributed by atoms with van der Waals surface area (Å²) in [4.78, 5) is 1.35. The van der Waals surface area contributed by atoms with Crippen LogP contribution in [0, 0.1) is 6.92 Å². The van der Waals surface area contributed by atoms with Crippen LogP contribution in [-0.2, 0) is 44.4 Å². The van der Waals surface area contributed by atoms with Gasteiger partial charge in [0.1, 0.15) is 36.6 Å². The molecule has 0 amide bonds. The summed E-state index contributed by atoms with van der Waals surface area (Å²) in [5.74, 6) is 0. The Morgan fingerprint density at radius 2 is 0.800 bits per heavy atom. The van der Waals surface area contributed by atoms with E-state index in [4.69, 9.17) is 48.1 Å². The quantitative estimate of drug-likeness (QED) is 0.0277. The summed E-state index contributed by atoms with van der Waals surface area (Å²) >= 11 is 0. The van der Waals surface area contributed by atoms with Crippen molar-refractivity contribution < 1.29 is 89.0 Å². The van der Waals surface area contributed by atoms with Gasteiger partial charge in [0, 0.05) is 19.6 Å².